The van der Waals surface area contributed by atoms with E-state index in [0.717, 1.165) is 64.2 Å². The van der Waals surface area contributed by atoms with Crippen molar-refractivity contribution < 1.29 is 28.6 Å². The van der Waals surface area contributed by atoms with Gasteiger partial charge in [-0.2, -0.15) is 0 Å². The van der Waals surface area contributed by atoms with E-state index in [1.165, 1.54) is 327 Å². The SMILES string of the molecule is CCCCCC/C=C\CCCCCCCC(=O)OCC(COC(=O)CCCCCCCCCCCCCCCCCCCCCCCCCCCCCCC)OC(=O)CCCCCCCCCCCCC/C=C\CCCCCCCCCC. The molecule has 490 valence electrons. The fraction of sp³-hybridized carbons (Fsp3) is 0.909. The van der Waals surface area contributed by atoms with E-state index in [2.05, 4.69) is 45.1 Å². The Labute approximate surface area is 519 Å². The average molecular weight is 1170 g/mol. The van der Waals surface area contributed by atoms with Gasteiger partial charge in [0, 0.05) is 19.3 Å². The Morgan fingerprint density at radius 3 is 0.614 bits per heavy atom. The van der Waals surface area contributed by atoms with Crippen molar-refractivity contribution in [1.29, 1.82) is 0 Å². The van der Waals surface area contributed by atoms with Gasteiger partial charge in [0.2, 0.25) is 0 Å². The molecule has 0 aromatic carbocycles. The van der Waals surface area contributed by atoms with Crippen LogP contribution in [0.1, 0.15) is 432 Å². The zero-order valence-corrected chi connectivity index (χ0v) is 56.5. The van der Waals surface area contributed by atoms with Crippen molar-refractivity contribution in [2.24, 2.45) is 0 Å². The van der Waals surface area contributed by atoms with Crippen molar-refractivity contribution in [1.82, 2.24) is 0 Å². The Morgan fingerprint density at radius 2 is 0.398 bits per heavy atom. The summed E-state index contributed by atoms with van der Waals surface area (Å²) in [6.45, 7) is 6.71. The Hall–Kier alpha value is -2.11. The van der Waals surface area contributed by atoms with Crippen LogP contribution in [0.5, 0.6) is 0 Å². The lowest BCUT2D eigenvalue weighted by molar-refractivity contribution is -0.167. The van der Waals surface area contributed by atoms with Gasteiger partial charge in [0.05, 0.1) is 0 Å². The van der Waals surface area contributed by atoms with E-state index in [1.807, 2.05) is 0 Å². The van der Waals surface area contributed by atoms with E-state index < -0.39 is 6.10 Å². The van der Waals surface area contributed by atoms with Gasteiger partial charge in [0.25, 0.3) is 0 Å². The second-order valence-electron chi connectivity index (χ2n) is 25.9. The molecule has 0 heterocycles. The Balaban J connectivity index is 4.17. The Bertz CT molecular complexity index is 1340. The van der Waals surface area contributed by atoms with Crippen molar-refractivity contribution in [3.05, 3.63) is 24.3 Å². The molecule has 1 atom stereocenters. The summed E-state index contributed by atoms with van der Waals surface area (Å²) in [4.78, 5) is 38.5. The van der Waals surface area contributed by atoms with Gasteiger partial charge < -0.3 is 14.2 Å². The van der Waals surface area contributed by atoms with Crippen LogP contribution in [0, 0.1) is 0 Å². The van der Waals surface area contributed by atoms with Crippen LogP contribution in [0.25, 0.3) is 0 Å². The lowest BCUT2D eigenvalue weighted by Crippen LogP contribution is -2.30. The van der Waals surface area contributed by atoms with Gasteiger partial charge in [0.15, 0.2) is 6.10 Å². The van der Waals surface area contributed by atoms with Crippen molar-refractivity contribution in [2.75, 3.05) is 13.2 Å². The molecule has 6 nitrogen and oxygen atoms in total. The van der Waals surface area contributed by atoms with Crippen molar-refractivity contribution in [2.45, 2.75) is 438 Å². The molecule has 0 aromatic rings. The predicted molar refractivity (Wildman–Crippen MR) is 363 cm³/mol. The third-order valence-corrected chi connectivity index (χ3v) is 17.4. The minimum atomic E-state index is -0.773. The van der Waals surface area contributed by atoms with Crippen LogP contribution in [0.4, 0.5) is 0 Å². The van der Waals surface area contributed by atoms with Gasteiger partial charge in [-0.1, -0.05) is 366 Å². The minimum Gasteiger partial charge on any atom is -0.462 e. The molecule has 0 saturated carbocycles. The summed E-state index contributed by atoms with van der Waals surface area (Å²) in [6.07, 6.45) is 89.5. The summed E-state index contributed by atoms with van der Waals surface area (Å²) in [6, 6.07) is 0. The first-order valence-electron chi connectivity index (χ1n) is 37.8. The number of allylic oxidation sites excluding steroid dienone is 4. The highest BCUT2D eigenvalue weighted by molar-refractivity contribution is 5.71. The summed E-state index contributed by atoms with van der Waals surface area (Å²) in [5.41, 5.74) is 0. The first-order chi connectivity index (χ1) is 41.0. The lowest BCUT2D eigenvalue weighted by atomic mass is 10.0. The number of esters is 3. The summed E-state index contributed by atoms with van der Waals surface area (Å²) in [7, 11) is 0. The van der Waals surface area contributed by atoms with Crippen LogP contribution in [0.3, 0.4) is 0 Å². The molecule has 0 aliphatic carbocycles. The van der Waals surface area contributed by atoms with Crippen LogP contribution < -0.4 is 0 Å². The van der Waals surface area contributed by atoms with Crippen LogP contribution in [-0.2, 0) is 28.6 Å². The quantitative estimate of drug-likeness (QED) is 0.0261. The number of rotatable bonds is 71. The fourth-order valence-corrected chi connectivity index (χ4v) is 11.7. The third kappa shape index (κ3) is 70.5. The van der Waals surface area contributed by atoms with Crippen LogP contribution >= 0.6 is 0 Å². The number of unbranched alkanes of at least 4 members (excludes halogenated alkanes) is 56. The maximum Gasteiger partial charge on any atom is 0.306 e. The summed E-state index contributed by atoms with van der Waals surface area (Å²) < 4.78 is 17.0. The van der Waals surface area contributed by atoms with Crippen molar-refractivity contribution in [3.8, 4) is 0 Å². The number of ether oxygens (including phenoxy) is 3. The molecular weight excluding hydrogens is 1020 g/mol. The first kappa shape index (κ1) is 80.9. The topological polar surface area (TPSA) is 78.9 Å². The van der Waals surface area contributed by atoms with Gasteiger partial charge in [-0.05, 0) is 70.6 Å². The van der Waals surface area contributed by atoms with Crippen LogP contribution in [0.15, 0.2) is 24.3 Å². The molecule has 0 N–H and O–H groups in total. The minimum absolute atomic E-state index is 0.0684. The lowest BCUT2D eigenvalue weighted by Gasteiger charge is -2.18. The highest BCUT2D eigenvalue weighted by Crippen LogP contribution is 2.19. The molecule has 0 bridgehead atoms. The molecule has 0 aromatic heterocycles. The van der Waals surface area contributed by atoms with Gasteiger partial charge >= 0.3 is 17.9 Å². The molecule has 0 spiro atoms. The third-order valence-electron chi connectivity index (χ3n) is 17.4. The molecular formula is C77H146O6. The molecule has 0 aliphatic heterocycles. The molecule has 0 saturated heterocycles. The average Bonchev–Trinajstić information content (AvgIpc) is 3.49. The van der Waals surface area contributed by atoms with E-state index in [4.69, 9.17) is 14.2 Å². The Kier molecular flexibility index (Phi) is 70.5. The van der Waals surface area contributed by atoms with E-state index in [9.17, 15) is 14.4 Å². The highest BCUT2D eigenvalue weighted by Gasteiger charge is 2.20. The largest absolute Gasteiger partial charge is 0.462 e. The van der Waals surface area contributed by atoms with Gasteiger partial charge in [-0.3, -0.25) is 14.4 Å². The van der Waals surface area contributed by atoms with Crippen molar-refractivity contribution in [3.63, 3.8) is 0 Å². The summed E-state index contributed by atoms with van der Waals surface area (Å²) >= 11 is 0. The number of carbonyl (C=O) groups excluding carboxylic acids is 3. The standard InChI is InChI=1S/C77H146O6/c1-4-7-10-13-16-19-22-25-27-29-31-33-35-36-37-38-39-40-42-43-45-47-49-52-55-58-61-64-67-70-76(79)82-73-74(72-81-75(78)69-66-63-60-57-54-51-24-21-18-15-12-9-6-3)83-77(80)71-68-65-62-59-56-53-50-48-46-44-41-34-32-30-28-26-23-20-17-14-11-8-5-2/h21,24,30,32,74H,4-20,22-23,25-29,31,33-73H2,1-3H3/b24-21-,32-30-. The van der Waals surface area contributed by atoms with Crippen LogP contribution in [-0.4, -0.2) is 37.2 Å². The second kappa shape index (κ2) is 72.4. The van der Waals surface area contributed by atoms with E-state index in [-0.39, 0.29) is 31.1 Å². The highest BCUT2D eigenvalue weighted by atomic mass is 16.6. The molecule has 1 unspecified atom stereocenters. The zero-order chi connectivity index (χ0) is 59.9. The summed E-state index contributed by atoms with van der Waals surface area (Å²) in [5.74, 6) is -0.845. The van der Waals surface area contributed by atoms with E-state index in [0.29, 0.717) is 19.3 Å². The molecule has 0 rings (SSSR count). The van der Waals surface area contributed by atoms with Gasteiger partial charge in [0.1, 0.15) is 13.2 Å². The maximum atomic E-state index is 13.0. The van der Waals surface area contributed by atoms with Gasteiger partial charge in [-0.25, -0.2) is 0 Å². The molecule has 0 fully saturated rings. The number of hydrogen-bond acceptors (Lipinski definition) is 6. The predicted octanol–water partition coefficient (Wildman–Crippen LogP) is 26.1. The van der Waals surface area contributed by atoms with Crippen LogP contribution in [0.2, 0.25) is 0 Å². The normalized spacial score (nSPS) is 12.1. The molecule has 6 heteroatoms. The smallest absolute Gasteiger partial charge is 0.306 e. The maximum absolute atomic E-state index is 13.0. The monoisotopic (exact) mass is 1170 g/mol. The second-order valence-corrected chi connectivity index (χ2v) is 25.9. The molecule has 0 aliphatic rings. The Morgan fingerprint density at radius 1 is 0.229 bits per heavy atom. The van der Waals surface area contributed by atoms with E-state index in [1.54, 1.807) is 0 Å². The number of hydrogen-bond donors (Lipinski definition) is 0. The zero-order valence-electron chi connectivity index (χ0n) is 56.5. The first-order valence-corrected chi connectivity index (χ1v) is 37.8. The fourth-order valence-electron chi connectivity index (χ4n) is 11.7. The molecule has 0 radical (unpaired) electrons. The molecule has 0 amide bonds. The van der Waals surface area contributed by atoms with Crippen molar-refractivity contribution >= 4 is 17.9 Å². The number of carbonyl (C=O) groups is 3. The van der Waals surface area contributed by atoms with Gasteiger partial charge in [-0.15, -0.1) is 0 Å². The summed E-state index contributed by atoms with van der Waals surface area (Å²) in [5, 5.41) is 0. The van der Waals surface area contributed by atoms with E-state index >= 15 is 0 Å². The molecule has 83 heavy (non-hydrogen) atoms.